The van der Waals surface area contributed by atoms with Gasteiger partial charge in [0.2, 0.25) is 0 Å². The van der Waals surface area contributed by atoms with Crippen molar-refractivity contribution in [3.05, 3.63) is 65.9 Å². The molecule has 1 aromatic carbocycles. The summed E-state index contributed by atoms with van der Waals surface area (Å²) >= 11 is 0. The molecule has 5 nitrogen and oxygen atoms in total. The second-order valence-electron chi connectivity index (χ2n) is 5.55. The van der Waals surface area contributed by atoms with Gasteiger partial charge in [-0.15, -0.1) is 0 Å². The summed E-state index contributed by atoms with van der Waals surface area (Å²) in [7, 11) is 0. The summed E-state index contributed by atoms with van der Waals surface area (Å²) in [4.78, 5) is 16.1. The summed E-state index contributed by atoms with van der Waals surface area (Å²) in [6.45, 7) is 2.41. The number of nitrogens with zero attached hydrogens (tertiary/aromatic N) is 2. The van der Waals surface area contributed by atoms with Crippen LogP contribution in [0.3, 0.4) is 0 Å². The van der Waals surface area contributed by atoms with Gasteiger partial charge >= 0.3 is 0 Å². The van der Waals surface area contributed by atoms with E-state index in [1.165, 1.54) is 12.3 Å². The monoisotopic (exact) mass is 327 g/mol. The number of hydrogen-bond donors (Lipinski definition) is 1. The van der Waals surface area contributed by atoms with E-state index >= 15 is 0 Å². The quantitative estimate of drug-likeness (QED) is 0.757. The molecule has 0 atom stereocenters. The molecule has 2 heterocycles. The topological polar surface area (TPSA) is 55.6 Å². The summed E-state index contributed by atoms with van der Waals surface area (Å²) in [6.07, 6.45) is 3.70. The number of rotatable bonds is 6. The van der Waals surface area contributed by atoms with E-state index in [0.717, 1.165) is 11.3 Å². The maximum Gasteiger partial charge on any atom is 0.257 e. The molecule has 0 saturated carbocycles. The average molecular weight is 327 g/mol. The molecule has 1 amide bonds. The number of halogens is 1. The fraction of sp³-hybridized carbons (Fsp3) is 0.222. The first-order valence-electron chi connectivity index (χ1n) is 7.69. The van der Waals surface area contributed by atoms with Gasteiger partial charge in [-0.1, -0.05) is 17.7 Å². The minimum atomic E-state index is -0.312. The van der Waals surface area contributed by atoms with Crippen LogP contribution < -0.4 is 10.1 Å². The van der Waals surface area contributed by atoms with E-state index in [0.29, 0.717) is 24.4 Å². The Kier molecular flexibility index (Phi) is 4.74. The second-order valence-corrected chi connectivity index (χ2v) is 5.55. The van der Waals surface area contributed by atoms with Crippen molar-refractivity contribution in [1.82, 2.24) is 14.7 Å². The summed E-state index contributed by atoms with van der Waals surface area (Å²) < 4.78 is 20.2. The number of imidazole rings is 1. The van der Waals surface area contributed by atoms with Crippen molar-refractivity contribution in [2.24, 2.45) is 0 Å². The molecule has 0 saturated heterocycles. The van der Waals surface area contributed by atoms with Crippen molar-refractivity contribution in [1.29, 1.82) is 0 Å². The number of fused-ring (bicyclic) bond motifs is 1. The SMILES string of the molecule is Cc1ccc(OCC(=O)NCCc2cn3cc(F)ccc3n2)cc1. The maximum absolute atomic E-state index is 13.1. The Hall–Kier alpha value is -2.89. The molecule has 124 valence electrons. The molecule has 0 aliphatic rings. The zero-order chi connectivity index (χ0) is 16.9. The van der Waals surface area contributed by atoms with Gasteiger partial charge in [0.15, 0.2) is 6.61 Å². The normalized spacial score (nSPS) is 10.8. The third-order valence-corrected chi connectivity index (χ3v) is 3.56. The summed E-state index contributed by atoms with van der Waals surface area (Å²) in [5.74, 6) is 0.163. The zero-order valence-electron chi connectivity index (χ0n) is 13.3. The van der Waals surface area contributed by atoms with Gasteiger partial charge in [0.25, 0.3) is 5.91 Å². The molecule has 24 heavy (non-hydrogen) atoms. The number of amides is 1. The molecule has 3 rings (SSSR count). The highest BCUT2D eigenvalue weighted by molar-refractivity contribution is 5.77. The van der Waals surface area contributed by atoms with Gasteiger partial charge in [0.05, 0.1) is 5.69 Å². The van der Waals surface area contributed by atoms with E-state index in [-0.39, 0.29) is 18.3 Å². The van der Waals surface area contributed by atoms with Crippen molar-refractivity contribution < 1.29 is 13.9 Å². The Bertz CT molecular complexity index is 843. The molecule has 6 heteroatoms. The van der Waals surface area contributed by atoms with Crippen molar-refractivity contribution in [2.75, 3.05) is 13.2 Å². The van der Waals surface area contributed by atoms with E-state index in [1.54, 1.807) is 16.7 Å². The van der Waals surface area contributed by atoms with E-state index in [2.05, 4.69) is 10.3 Å². The number of benzene rings is 1. The van der Waals surface area contributed by atoms with Crippen molar-refractivity contribution in [2.45, 2.75) is 13.3 Å². The average Bonchev–Trinajstić information content (AvgIpc) is 2.96. The number of hydrogen-bond acceptors (Lipinski definition) is 3. The molecular formula is C18H18FN3O2. The second kappa shape index (κ2) is 7.12. The Morgan fingerprint density at radius 3 is 2.79 bits per heavy atom. The van der Waals surface area contributed by atoms with Crippen LogP contribution in [0, 0.1) is 12.7 Å². The van der Waals surface area contributed by atoms with Crippen LogP contribution in [0.2, 0.25) is 0 Å². The van der Waals surface area contributed by atoms with Gasteiger partial charge in [0, 0.05) is 25.4 Å². The Labute approximate surface area is 139 Å². The van der Waals surface area contributed by atoms with Crippen LogP contribution in [0.1, 0.15) is 11.3 Å². The first-order valence-corrected chi connectivity index (χ1v) is 7.69. The lowest BCUT2D eigenvalue weighted by molar-refractivity contribution is -0.123. The number of carbonyl (C=O) groups excluding carboxylic acids is 1. The summed E-state index contributed by atoms with van der Waals surface area (Å²) in [6, 6.07) is 10.5. The molecule has 0 bridgehead atoms. The lowest BCUT2D eigenvalue weighted by atomic mass is 10.2. The van der Waals surface area contributed by atoms with Crippen molar-refractivity contribution in [3.63, 3.8) is 0 Å². The van der Waals surface area contributed by atoms with Crippen LogP contribution in [0.25, 0.3) is 5.65 Å². The lowest BCUT2D eigenvalue weighted by Crippen LogP contribution is -2.30. The van der Waals surface area contributed by atoms with Crippen LogP contribution >= 0.6 is 0 Å². The fourth-order valence-corrected chi connectivity index (χ4v) is 2.30. The highest BCUT2D eigenvalue weighted by Gasteiger charge is 2.05. The van der Waals surface area contributed by atoms with Crippen LogP contribution in [0.15, 0.2) is 48.8 Å². The maximum atomic E-state index is 13.1. The first-order chi connectivity index (χ1) is 11.6. The zero-order valence-corrected chi connectivity index (χ0v) is 13.3. The van der Waals surface area contributed by atoms with Gasteiger partial charge in [-0.25, -0.2) is 9.37 Å². The number of aryl methyl sites for hydroxylation is 1. The van der Waals surface area contributed by atoms with Crippen LogP contribution in [0.5, 0.6) is 5.75 Å². The molecule has 0 radical (unpaired) electrons. The Balaban J connectivity index is 1.44. The summed E-state index contributed by atoms with van der Waals surface area (Å²) in [5.41, 5.74) is 2.61. The molecule has 0 aliphatic heterocycles. The van der Waals surface area contributed by atoms with E-state index in [1.807, 2.05) is 31.2 Å². The highest BCUT2D eigenvalue weighted by Crippen LogP contribution is 2.11. The van der Waals surface area contributed by atoms with Crippen LogP contribution in [-0.4, -0.2) is 28.4 Å². The molecule has 0 unspecified atom stereocenters. The Morgan fingerprint density at radius 2 is 2.00 bits per heavy atom. The predicted molar refractivity (Wildman–Crippen MR) is 88.5 cm³/mol. The van der Waals surface area contributed by atoms with Gasteiger partial charge < -0.3 is 14.5 Å². The van der Waals surface area contributed by atoms with Gasteiger partial charge in [0.1, 0.15) is 17.2 Å². The van der Waals surface area contributed by atoms with Crippen molar-refractivity contribution in [3.8, 4) is 5.75 Å². The van der Waals surface area contributed by atoms with Crippen LogP contribution in [-0.2, 0) is 11.2 Å². The predicted octanol–water partition coefficient (Wildman–Crippen LogP) is 2.52. The number of nitrogens with one attached hydrogen (secondary N) is 1. The summed E-state index contributed by atoms with van der Waals surface area (Å²) in [5, 5.41) is 2.78. The molecule has 3 aromatic rings. The molecule has 0 aliphatic carbocycles. The molecule has 0 spiro atoms. The van der Waals surface area contributed by atoms with Crippen LogP contribution in [0.4, 0.5) is 4.39 Å². The molecular weight excluding hydrogens is 309 g/mol. The Morgan fingerprint density at radius 1 is 1.21 bits per heavy atom. The van der Waals surface area contributed by atoms with Gasteiger partial charge in [-0.3, -0.25) is 4.79 Å². The standard InChI is InChI=1S/C18H18FN3O2/c1-13-2-5-16(6-3-13)24-12-18(23)20-9-8-15-11-22-10-14(19)4-7-17(22)21-15/h2-7,10-11H,8-9,12H2,1H3,(H,20,23). The van der Waals surface area contributed by atoms with Gasteiger partial charge in [-0.05, 0) is 31.2 Å². The number of aromatic nitrogens is 2. The molecule has 1 N–H and O–H groups in total. The van der Waals surface area contributed by atoms with Crippen molar-refractivity contribution >= 4 is 11.6 Å². The molecule has 2 aromatic heterocycles. The lowest BCUT2D eigenvalue weighted by Gasteiger charge is -2.07. The van der Waals surface area contributed by atoms with E-state index < -0.39 is 0 Å². The first kappa shape index (κ1) is 16.0. The number of pyridine rings is 1. The molecule has 0 fully saturated rings. The van der Waals surface area contributed by atoms with Gasteiger partial charge in [-0.2, -0.15) is 0 Å². The fourth-order valence-electron chi connectivity index (χ4n) is 2.30. The third-order valence-electron chi connectivity index (χ3n) is 3.56. The smallest absolute Gasteiger partial charge is 0.257 e. The minimum Gasteiger partial charge on any atom is -0.484 e. The third kappa shape index (κ3) is 4.10. The minimum absolute atomic E-state index is 0.0283. The van der Waals surface area contributed by atoms with E-state index in [9.17, 15) is 9.18 Å². The largest absolute Gasteiger partial charge is 0.484 e. The number of ether oxygens (including phenoxy) is 1. The van der Waals surface area contributed by atoms with E-state index in [4.69, 9.17) is 4.74 Å². The highest BCUT2D eigenvalue weighted by atomic mass is 19.1. The number of carbonyl (C=O) groups is 1.